The molecule has 1 fully saturated rings. The Kier molecular flexibility index (Phi) is 9.14. The third-order valence-corrected chi connectivity index (χ3v) is 6.79. The number of rotatable bonds is 11. The van der Waals surface area contributed by atoms with E-state index in [1.165, 1.54) is 12.1 Å². The number of carbonyl (C=O) groups is 2. The van der Waals surface area contributed by atoms with Crippen LogP contribution in [0.1, 0.15) is 33.5 Å². The topological polar surface area (TPSA) is 70.2 Å². The molecule has 5 nitrogen and oxygen atoms in total. The van der Waals surface area contributed by atoms with Gasteiger partial charge in [-0.1, -0.05) is 48.5 Å². The van der Waals surface area contributed by atoms with Crippen molar-refractivity contribution in [2.75, 3.05) is 25.0 Å². The van der Waals surface area contributed by atoms with Crippen molar-refractivity contribution >= 4 is 30.0 Å². The molecule has 1 saturated heterocycles. The van der Waals surface area contributed by atoms with Crippen molar-refractivity contribution in [2.24, 2.45) is 0 Å². The van der Waals surface area contributed by atoms with Gasteiger partial charge in [0.15, 0.2) is 5.78 Å². The molecule has 0 aromatic heterocycles. The van der Waals surface area contributed by atoms with E-state index in [4.69, 9.17) is 0 Å². The largest absolute Gasteiger partial charge is 0.383 e. The summed E-state index contributed by atoms with van der Waals surface area (Å²) in [6, 6.07) is 22.0. The summed E-state index contributed by atoms with van der Waals surface area (Å²) < 4.78 is 13.3. The van der Waals surface area contributed by atoms with Crippen LogP contribution in [0.3, 0.4) is 0 Å². The molecule has 1 amide bonds. The fourth-order valence-electron chi connectivity index (χ4n) is 4.40. The highest BCUT2D eigenvalue weighted by atomic mass is 32.1. The summed E-state index contributed by atoms with van der Waals surface area (Å²) in [7, 11) is 0. The van der Waals surface area contributed by atoms with Crippen LogP contribution in [-0.2, 0) is 24.1 Å². The molecule has 1 aliphatic rings. The van der Waals surface area contributed by atoms with Crippen molar-refractivity contribution in [1.82, 2.24) is 10.6 Å². The number of aryl methyl sites for hydroxylation is 2. The maximum absolute atomic E-state index is 13.3. The summed E-state index contributed by atoms with van der Waals surface area (Å²) >= 11 is 4.53. The van der Waals surface area contributed by atoms with Crippen molar-refractivity contribution in [3.63, 3.8) is 0 Å². The molecule has 3 aromatic carbocycles. The second-order valence-corrected chi connectivity index (χ2v) is 9.99. The van der Waals surface area contributed by atoms with Gasteiger partial charge in [-0.25, -0.2) is 4.39 Å². The van der Waals surface area contributed by atoms with E-state index in [1.54, 1.807) is 12.1 Å². The minimum absolute atomic E-state index is 0.0296. The zero-order chi connectivity index (χ0) is 25.3. The molecule has 4 rings (SSSR count). The Labute approximate surface area is 217 Å². The average Bonchev–Trinajstić information content (AvgIpc) is 3.31. The zero-order valence-electron chi connectivity index (χ0n) is 20.2. The highest BCUT2D eigenvalue weighted by Gasteiger charge is 2.21. The van der Waals surface area contributed by atoms with Gasteiger partial charge in [-0.2, -0.15) is 12.6 Å². The molecule has 0 radical (unpaired) electrons. The first-order valence-electron chi connectivity index (χ1n) is 12.3. The lowest BCUT2D eigenvalue weighted by molar-refractivity contribution is -0.117. The maximum Gasteiger partial charge on any atom is 0.252 e. The van der Waals surface area contributed by atoms with Gasteiger partial charge in [-0.15, -0.1) is 0 Å². The monoisotopic (exact) mass is 505 g/mol. The van der Waals surface area contributed by atoms with Gasteiger partial charge in [0.2, 0.25) is 0 Å². The molecule has 2 unspecified atom stereocenters. The molecule has 188 valence electrons. The molecule has 0 saturated carbocycles. The number of nitrogens with one attached hydrogen (secondary N) is 3. The first-order chi connectivity index (χ1) is 17.5. The van der Waals surface area contributed by atoms with E-state index >= 15 is 0 Å². The van der Waals surface area contributed by atoms with Crippen LogP contribution in [0.4, 0.5) is 10.1 Å². The van der Waals surface area contributed by atoms with Crippen molar-refractivity contribution < 1.29 is 14.0 Å². The molecule has 1 aliphatic heterocycles. The smallest absolute Gasteiger partial charge is 0.252 e. The Morgan fingerprint density at radius 1 is 0.972 bits per heavy atom. The number of halogens is 1. The summed E-state index contributed by atoms with van der Waals surface area (Å²) in [5.41, 5.74) is 4.20. The summed E-state index contributed by atoms with van der Waals surface area (Å²) in [4.78, 5) is 25.6. The second-order valence-electron chi connectivity index (χ2n) is 9.26. The number of benzene rings is 3. The molecule has 2 atom stereocenters. The van der Waals surface area contributed by atoms with Crippen LogP contribution in [0.2, 0.25) is 0 Å². The molecule has 3 aromatic rings. The predicted molar refractivity (Wildman–Crippen MR) is 145 cm³/mol. The fraction of sp³-hybridized carbons (Fsp3) is 0.310. The lowest BCUT2D eigenvalue weighted by Crippen LogP contribution is -2.31. The summed E-state index contributed by atoms with van der Waals surface area (Å²) in [5, 5.41) is 10.0. The molecule has 0 aliphatic carbocycles. The van der Waals surface area contributed by atoms with Gasteiger partial charge in [-0.05, 0) is 60.2 Å². The highest BCUT2D eigenvalue weighted by Crippen LogP contribution is 2.20. The fourth-order valence-corrected chi connectivity index (χ4v) is 4.76. The van der Waals surface area contributed by atoms with Gasteiger partial charge in [0.25, 0.3) is 5.91 Å². The first kappa shape index (κ1) is 25.9. The van der Waals surface area contributed by atoms with Crippen LogP contribution in [0.15, 0.2) is 72.8 Å². The number of Topliss-reactive ketones (excluding diaryl/α,β-unsaturated/α-hetero) is 1. The van der Waals surface area contributed by atoms with Crippen LogP contribution in [0.5, 0.6) is 0 Å². The van der Waals surface area contributed by atoms with E-state index in [1.807, 2.05) is 48.5 Å². The molecular formula is C29H32FN3O2S. The van der Waals surface area contributed by atoms with E-state index < -0.39 is 0 Å². The van der Waals surface area contributed by atoms with Gasteiger partial charge in [0, 0.05) is 42.1 Å². The number of hydrogen-bond acceptors (Lipinski definition) is 5. The minimum atomic E-state index is -0.274. The molecule has 0 spiro atoms. The molecule has 0 bridgehead atoms. The van der Waals surface area contributed by atoms with Crippen molar-refractivity contribution in [3.8, 4) is 0 Å². The van der Waals surface area contributed by atoms with Crippen LogP contribution in [-0.4, -0.2) is 42.6 Å². The van der Waals surface area contributed by atoms with Crippen LogP contribution in [0, 0.1) is 5.82 Å². The Bertz CT molecular complexity index is 1170. The van der Waals surface area contributed by atoms with Gasteiger partial charge >= 0.3 is 0 Å². The number of carbonyl (C=O) groups excluding carboxylic acids is 2. The SMILES string of the molecule is O=C(CNC(=O)c1cc(NCC2CC(S)CN2)ccc1CCc1ccc(F)cc1)Cc1ccccc1. The summed E-state index contributed by atoms with van der Waals surface area (Å²) in [6.45, 7) is 1.60. The normalized spacial score (nSPS) is 17.1. The zero-order valence-corrected chi connectivity index (χ0v) is 21.1. The number of amides is 1. The van der Waals surface area contributed by atoms with Crippen LogP contribution < -0.4 is 16.0 Å². The minimum Gasteiger partial charge on any atom is -0.383 e. The van der Waals surface area contributed by atoms with Crippen LogP contribution in [0.25, 0.3) is 0 Å². The molecule has 7 heteroatoms. The van der Waals surface area contributed by atoms with Gasteiger partial charge < -0.3 is 16.0 Å². The van der Waals surface area contributed by atoms with Crippen molar-refractivity contribution in [2.45, 2.75) is 37.0 Å². The Morgan fingerprint density at radius 2 is 1.75 bits per heavy atom. The quantitative estimate of drug-likeness (QED) is 0.295. The van der Waals surface area contributed by atoms with E-state index in [0.29, 0.717) is 29.7 Å². The molecule has 3 N–H and O–H groups in total. The highest BCUT2D eigenvalue weighted by molar-refractivity contribution is 7.81. The predicted octanol–water partition coefficient (Wildman–Crippen LogP) is 4.22. The lowest BCUT2D eigenvalue weighted by atomic mass is 9.98. The van der Waals surface area contributed by atoms with Crippen molar-refractivity contribution in [1.29, 1.82) is 0 Å². The van der Waals surface area contributed by atoms with E-state index in [9.17, 15) is 14.0 Å². The van der Waals surface area contributed by atoms with E-state index in [2.05, 4.69) is 28.6 Å². The number of hydrogen-bond donors (Lipinski definition) is 4. The maximum atomic E-state index is 13.3. The van der Waals surface area contributed by atoms with E-state index in [-0.39, 0.29) is 30.5 Å². The Morgan fingerprint density at radius 3 is 2.47 bits per heavy atom. The molecule has 36 heavy (non-hydrogen) atoms. The average molecular weight is 506 g/mol. The van der Waals surface area contributed by atoms with Crippen LogP contribution >= 0.6 is 12.6 Å². The van der Waals surface area contributed by atoms with Gasteiger partial charge in [-0.3, -0.25) is 9.59 Å². The first-order valence-corrected chi connectivity index (χ1v) is 12.8. The number of anilines is 1. The third-order valence-electron chi connectivity index (χ3n) is 6.39. The summed E-state index contributed by atoms with van der Waals surface area (Å²) in [6.07, 6.45) is 2.57. The Hall–Kier alpha value is -3.16. The standard InChI is InChI=1S/C29H32FN3O2S/c30-23-11-7-20(8-12-23)6-9-22-10-13-24(31-17-25-15-27(36)19-32-25)16-28(22)29(35)33-18-26(34)14-21-4-2-1-3-5-21/h1-5,7-8,10-13,16,25,27,31-32,36H,6,9,14-15,17-19H2,(H,33,35). The lowest BCUT2D eigenvalue weighted by Gasteiger charge is -2.16. The van der Waals surface area contributed by atoms with E-state index in [0.717, 1.165) is 41.9 Å². The van der Waals surface area contributed by atoms with Gasteiger partial charge in [0.1, 0.15) is 5.82 Å². The van der Waals surface area contributed by atoms with Gasteiger partial charge in [0.05, 0.1) is 6.54 Å². The Balaban J connectivity index is 1.42. The molecular weight excluding hydrogens is 473 g/mol. The number of ketones is 1. The van der Waals surface area contributed by atoms with Crippen molar-refractivity contribution in [3.05, 3.63) is 101 Å². The summed E-state index contributed by atoms with van der Waals surface area (Å²) in [5.74, 6) is -0.593. The number of thiol groups is 1. The third kappa shape index (κ3) is 7.67. The molecule has 1 heterocycles. The second kappa shape index (κ2) is 12.7.